The Hall–Kier alpha value is -1.47. The number of benzene rings is 2. The molecule has 0 spiro atoms. The summed E-state index contributed by atoms with van der Waals surface area (Å²) in [7, 11) is 1.69. The molecule has 0 bridgehead atoms. The Labute approximate surface area is 107 Å². The van der Waals surface area contributed by atoms with Gasteiger partial charge in [0, 0.05) is 11.4 Å². The van der Waals surface area contributed by atoms with Crippen LogP contribution in [0.4, 0.5) is 0 Å². The number of rotatable bonds is 3. The van der Waals surface area contributed by atoms with Crippen LogP contribution in [0.3, 0.4) is 0 Å². The van der Waals surface area contributed by atoms with E-state index in [0.29, 0.717) is 5.88 Å². The molecule has 2 rings (SSSR count). The van der Waals surface area contributed by atoms with Gasteiger partial charge in [-0.05, 0) is 30.2 Å². The molecule has 0 aromatic heterocycles. The maximum atomic E-state index is 5.87. The lowest BCUT2D eigenvalue weighted by atomic mass is 10.0. The maximum absolute atomic E-state index is 5.87. The van der Waals surface area contributed by atoms with Crippen LogP contribution in [0.1, 0.15) is 11.1 Å². The van der Waals surface area contributed by atoms with Crippen LogP contribution in [-0.4, -0.2) is 7.11 Å². The smallest absolute Gasteiger partial charge is 0.126 e. The molecule has 2 aromatic carbocycles. The normalized spacial score (nSPS) is 10.3. The van der Waals surface area contributed by atoms with E-state index in [4.69, 9.17) is 16.3 Å². The Balaban J connectivity index is 2.51. The Morgan fingerprint density at radius 1 is 1.06 bits per heavy atom. The van der Waals surface area contributed by atoms with Crippen LogP contribution in [0.5, 0.6) is 5.75 Å². The molecule has 0 fully saturated rings. The van der Waals surface area contributed by atoms with E-state index >= 15 is 0 Å². The van der Waals surface area contributed by atoms with Crippen molar-refractivity contribution in [3.05, 3.63) is 53.6 Å². The molecule has 0 aliphatic heterocycles. The minimum absolute atomic E-state index is 0.517. The second-order valence-corrected chi connectivity index (χ2v) is 4.30. The number of hydrogen-bond donors (Lipinski definition) is 0. The van der Waals surface area contributed by atoms with E-state index in [0.717, 1.165) is 22.4 Å². The van der Waals surface area contributed by atoms with Gasteiger partial charge in [0.15, 0.2) is 0 Å². The average molecular weight is 247 g/mol. The molecule has 0 unspecified atom stereocenters. The second kappa shape index (κ2) is 5.24. The highest BCUT2D eigenvalue weighted by Crippen LogP contribution is 2.31. The third kappa shape index (κ3) is 2.62. The Morgan fingerprint density at radius 2 is 1.76 bits per heavy atom. The standard InChI is InChI=1S/C15H15ClO/c1-11-3-6-13(7-4-11)14-9-12(10-16)5-8-15(14)17-2/h3-9H,10H2,1-2H3. The molecule has 0 radical (unpaired) electrons. The van der Waals surface area contributed by atoms with E-state index in [1.54, 1.807) is 7.11 Å². The predicted octanol–water partition coefficient (Wildman–Crippen LogP) is 4.41. The van der Waals surface area contributed by atoms with Crippen molar-refractivity contribution in [2.45, 2.75) is 12.8 Å². The summed E-state index contributed by atoms with van der Waals surface area (Å²) in [6.07, 6.45) is 0. The number of halogens is 1. The molecule has 17 heavy (non-hydrogen) atoms. The highest BCUT2D eigenvalue weighted by molar-refractivity contribution is 6.17. The summed E-state index contributed by atoms with van der Waals surface area (Å²) in [5.41, 5.74) is 4.59. The van der Waals surface area contributed by atoms with Crippen LogP contribution >= 0.6 is 11.6 Å². The summed E-state index contributed by atoms with van der Waals surface area (Å²) >= 11 is 5.87. The summed E-state index contributed by atoms with van der Waals surface area (Å²) in [6, 6.07) is 14.4. The van der Waals surface area contributed by atoms with Crippen molar-refractivity contribution in [1.29, 1.82) is 0 Å². The van der Waals surface area contributed by atoms with Crippen molar-refractivity contribution < 1.29 is 4.74 Å². The highest BCUT2D eigenvalue weighted by atomic mass is 35.5. The Kier molecular flexibility index (Phi) is 3.70. The van der Waals surface area contributed by atoms with Crippen molar-refractivity contribution in [3.8, 4) is 16.9 Å². The molecule has 88 valence electrons. The van der Waals surface area contributed by atoms with Gasteiger partial charge in [-0.1, -0.05) is 35.9 Å². The maximum Gasteiger partial charge on any atom is 0.126 e. The fourth-order valence-electron chi connectivity index (χ4n) is 1.80. The molecule has 0 aliphatic rings. The van der Waals surface area contributed by atoms with E-state index in [9.17, 15) is 0 Å². The zero-order valence-corrected chi connectivity index (χ0v) is 10.8. The van der Waals surface area contributed by atoms with Gasteiger partial charge in [-0.25, -0.2) is 0 Å². The van der Waals surface area contributed by atoms with Crippen LogP contribution in [-0.2, 0) is 5.88 Å². The van der Waals surface area contributed by atoms with Crippen LogP contribution in [0.15, 0.2) is 42.5 Å². The van der Waals surface area contributed by atoms with Gasteiger partial charge in [0.25, 0.3) is 0 Å². The molecule has 2 heteroatoms. The first-order valence-corrected chi connectivity index (χ1v) is 6.08. The molecule has 0 amide bonds. The zero-order valence-electron chi connectivity index (χ0n) is 10.0. The average Bonchev–Trinajstić information content (AvgIpc) is 2.39. The second-order valence-electron chi connectivity index (χ2n) is 4.03. The van der Waals surface area contributed by atoms with Gasteiger partial charge in [0.1, 0.15) is 5.75 Å². The number of aryl methyl sites for hydroxylation is 1. The Bertz CT molecular complexity index is 503. The van der Waals surface area contributed by atoms with Crippen molar-refractivity contribution in [2.75, 3.05) is 7.11 Å². The van der Waals surface area contributed by atoms with Gasteiger partial charge in [-0.3, -0.25) is 0 Å². The van der Waals surface area contributed by atoms with E-state index in [1.807, 2.05) is 12.1 Å². The zero-order chi connectivity index (χ0) is 12.3. The van der Waals surface area contributed by atoms with Crippen molar-refractivity contribution in [2.24, 2.45) is 0 Å². The fourth-order valence-corrected chi connectivity index (χ4v) is 1.96. The number of ether oxygens (including phenoxy) is 1. The highest BCUT2D eigenvalue weighted by Gasteiger charge is 2.06. The molecule has 0 N–H and O–H groups in total. The minimum Gasteiger partial charge on any atom is -0.496 e. The number of methoxy groups -OCH3 is 1. The van der Waals surface area contributed by atoms with E-state index in [2.05, 4.69) is 37.3 Å². The van der Waals surface area contributed by atoms with Crippen molar-refractivity contribution >= 4 is 11.6 Å². The van der Waals surface area contributed by atoms with Gasteiger partial charge in [-0.15, -0.1) is 11.6 Å². The molecule has 0 atom stereocenters. The molecule has 1 nitrogen and oxygen atoms in total. The summed E-state index contributed by atoms with van der Waals surface area (Å²) in [4.78, 5) is 0. The van der Waals surface area contributed by atoms with Crippen molar-refractivity contribution in [3.63, 3.8) is 0 Å². The van der Waals surface area contributed by atoms with Gasteiger partial charge in [-0.2, -0.15) is 0 Å². The predicted molar refractivity (Wildman–Crippen MR) is 72.7 cm³/mol. The SMILES string of the molecule is COc1ccc(CCl)cc1-c1ccc(C)cc1. The quantitative estimate of drug-likeness (QED) is 0.729. The molecule has 0 aliphatic carbocycles. The molecule has 0 saturated carbocycles. The van der Waals surface area contributed by atoms with Gasteiger partial charge >= 0.3 is 0 Å². The molecule has 0 saturated heterocycles. The molecular formula is C15H15ClO. The first-order valence-electron chi connectivity index (χ1n) is 5.54. The lowest BCUT2D eigenvalue weighted by molar-refractivity contribution is 0.416. The first-order chi connectivity index (χ1) is 8.24. The Morgan fingerprint density at radius 3 is 2.35 bits per heavy atom. The largest absolute Gasteiger partial charge is 0.496 e. The minimum atomic E-state index is 0.517. The summed E-state index contributed by atoms with van der Waals surface area (Å²) in [6.45, 7) is 2.08. The molecule has 2 aromatic rings. The summed E-state index contributed by atoms with van der Waals surface area (Å²) in [5, 5.41) is 0. The molecule has 0 heterocycles. The molecular weight excluding hydrogens is 232 g/mol. The van der Waals surface area contributed by atoms with Crippen LogP contribution in [0, 0.1) is 6.92 Å². The fraction of sp³-hybridized carbons (Fsp3) is 0.200. The number of hydrogen-bond acceptors (Lipinski definition) is 1. The van der Waals surface area contributed by atoms with Gasteiger partial charge < -0.3 is 4.74 Å². The van der Waals surface area contributed by atoms with Gasteiger partial charge in [0.05, 0.1) is 7.11 Å². The monoisotopic (exact) mass is 246 g/mol. The van der Waals surface area contributed by atoms with E-state index < -0.39 is 0 Å². The first kappa shape index (κ1) is 12.0. The third-order valence-electron chi connectivity index (χ3n) is 2.78. The topological polar surface area (TPSA) is 9.23 Å². The summed E-state index contributed by atoms with van der Waals surface area (Å²) in [5.74, 6) is 1.39. The van der Waals surface area contributed by atoms with Crippen LogP contribution in [0.25, 0.3) is 11.1 Å². The lowest BCUT2D eigenvalue weighted by Crippen LogP contribution is -1.90. The van der Waals surface area contributed by atoms with E-state index in [1.165, 1.54) is 5.56 Å². The summed E-state index contributed by atoms with van der Waals surface area (Å²) < 4.78 is 5.39. The number of alkyl halides is 1. The van der Waals surface area contributed by atoms with Crippen LogP contribution in [0.2, 0.25) is 0 Å². The lowest BCUT2D eigenvalue weighted by Gasteiger charge is -2.10. The van der Waals surface area contributed by atoms with Crippen LogP contribution < -0.4 is 4.74 Å². The van der Waals surface area contributed by atoms with Gasteiger partial charge in [0.2, 0.25) is 0 Å². The van der Waals surface area contributed by atoms with Crippen molar-refractivity contribution in [1.82, 2.24) is 0 Å². The third-order valence-corrected chi connectivity index (χ3v) is 3.09. The van der Waals surface area contributed by atoms with E-state index in [-0.39, 0.29) is 0 Å².